The molecule has 4 rings (SSSR count). The number of hydrogen-bond donors (Lipinski definition) is 3. The number of amides is 2. The van der Waals surface area contributed by atoms with E-state index < -0.39 is 0 Å². The normalized spacial score (nSPS) is 11.2. The van der Waals surface area contributed by atoms with Gasteiger partial charge in [0, 0.05) is 40.5 Å². The standard InChI is InChI=1S/C25H30N6O2.2H2/c1-17-8-7-9-18(16-17)28-25(32)27-13-5-6-14-31-21(12-15-33-2)30-22-23(31)19-10-3-4-11-20(19)29-24(22)26;;/h3-4,7-11,16H,5-6,12-15H2,1-2H3,(H2,26,29)(H2,27,28,32);2*1H. The number of fused-ring (bicyclic) bond motifs is 3. The van der Waals surface area contributed by atoms with Gasteiger partial charge < -0.3 is 25.7 Å². The van der Waals surface area contributed by atoms with E-state index in [0.717, 1.165) is 58.4 Å². The molecule has 33 heavy (non-hydrogen) atoms. The average molecular weight is 451 g/mol. The van der Waals surface area contributed by atoms with Crippen molar-refractivity contribution in [1.82, 2.24) is 19.9 Å². The first-order valence-electron chi connectivity index (χ1n) is 11.2. The number of nitrogens with one attached hydrogen (secondary N) is 2. The zero-order valence-corrected chi connectivity index (χ0v) is 19.1. The Labute approximate surface area is 196 Å². The Kier molecular flexibility index (Phi) is 7.04. The first-order valence-corrected chi connectivity index (χ1v) is 11.2. The molecule has 8 nitrogen and oxygen atoms in total. The Balaban J connectivity index is 0.00000216. The molecule has 0 radical (unpaired) electrons. The Morgan fingerprint density at radius 2 is 2.00 bits per heavy atom. The van der Waals surface area contributed by atoms with Crippen LogP contribution in [0, 0.1) is 6.92 Å². The van der Waals surface area contributed by atoms with Crippen LogP contribution in [0.4, 0.5) is 16.3 Å². The van der Waals surface area contributed by atoms with Crippen LogP contribution >= 0.6 is 0 Å². The number of aryl methyl sites for hydroxylation is 2. The number of ether oxygens (including phenoxy) is 1. The highest BCUT2D eigenvalue weighted by atomic mass is 16.5. The summed E-state index contributed by atoms with van der Waals surface area (Å²) in [5.41, 5.74) is 10.7. The quantitative estimate of drug-likeness (QED) is 0.319. The summed E-state index contributed by atoms with van der Waals surface area (Å²) in [7, 11) is 1.69. The Hall–Kier alpha value is -3.65. The second kappa shape index (κ2) is 10.3. The zero-order chi connectivity index (χ0) is 23.2. The minimum absolute atomic E-state index is 0. The maximum atomic E-state index is 12.2. The molecule has 0 fully saturated rings. The number of nitrogens with zero attached hydrogens (tertiary/aromatic N) is 3. The number of aromatic nitrogens is 3. The number of benzene rings is 2. The van der Waals surface area contributed by atoms with E-state index in [0.29, 0.717) is 25.4 Å². The molecule has 0 bridgehead atoms. The van der Waals surface area contributed by atoms with Gasteiger partial charge in [-0.25, -0.2) is 14.8 Å². The van der Waals surface area contributed by atoms with Gasteiger partial charge in [0.05, 0.1) is 17.6 Å². The highest BCUT2D eigenvalue weighted by molar-refractivity contribution is 6.06. The fraction of sp³-hybridized carbons (Fsp3) is 0.320. The highest BCUT2D eigenvalue weighted by Crippen LogP contribution is 2.29. The van der Waals surface area contributed by atoms with E-state index in [1.807, 2.05) is 49.4 Å². The van der Waals surface area contributed by atoms with Crippen molar-refractivity contribution in [3.05, 3.63) is 59.9 Å². The van der Waals surface area contributed by atoms with Crippen LogP contribution in [0.1, 0.15) is 27.1 Å². The largest absolute Gasteiger partial charge is 0.384 e. The maximum absolute atomic E-state index is 12.2. The summed E-state index contributed by atoms with van der Waals surface area (Å²) in [4.78, 5) is 21.5. The van der Waals surface area contributed by atoms with Crippen LogP contribution < -0.4 is 16.4 Å². The number of imidazole rings is 1. The molecular weight excluding hydrogens is 416 g/mol. The van der Waals surface area contributed by atoms with Gasteiger partial charge in [0.2, 0.25) is 0 Å². The molecule has 4 N–H and O–H groups in total. The highest BCUT2D eigenvalue weighted by Gasteiger charge is 2.17. The van der Waals surface area contributed by atoms with Gasteiger partial charge >= 0.3 is 6.03 Å². The molecule has 2 amide bonds. The molecule has 0 atom stereocenters. The minimum atomic E-state index is -0.195. The molecule has 4 aromatic rings. The number of urea groups is 1. The summed E-state index contributed by atoms with van der Waals surface area (Å²) in [6, 6.07) is 15.5. The monoisotopic (exact) mass is 450 g/mol. The van der Waals surface area contributed by atoms with Crippen LogP contribution in [-0.4, -0.2) is 40.8 Å². The van der Waals surface area contributed by atoms with Crippen LogP contribution in [-0.2, 0) is 17.7 Å². The lowest BCUT2D eigenvalue weighted by molar-refractivity contribution is 0.199. The van der Waals surface area contributed by atoms with Crippen LogP contribution in [0.25, 0.3) is 21.9 Å². The molecule has 0 unspecified atom stereocenters. The van der Waals surface area contributed by atoms with Gasteiger partial charge in [-0.15, -0.1) is 0 Å². The van der Waals surface area contributed by atoms with Crippen molar-refractivity contribution in [1.29, 1.82) is 0 Å². The first-order chi connectivity index (χ1) is 16.1. The van der Waals surface area contributed by atoms with Crippen LogP contribution in [0.5, 0.6) is 0 Å². The Bertz CT molecular complexity index is 1280. The predicted octanol–water partition coefficient (Wildman–Crippen LogP) is 4.76. The molecule has 0 spiro atoms. The molecule has 2 heterocycles. The number of methoxy groups -OCH3 is 1. The number of rotatable bonds is 9. The van der Waals surface area contributed by atoms with Gasteiger partial charge in [-0.1, -0.05) is 30.3 Å². The van der Waals surface area contributed by atoms with E-state index in [1.165, 1.54) is 0 Å². The summed E-state index contributed by atoms with van der Waals surface area (Å²) in [6.45, 7) is 3.93. The number of hydrogen-bond acceptors (Lipinski definition) is 5. The molecule has 0 aliphatic heterocycles. The maximum Gasteiger partial charge on any atom is 0.319 e. The number of para-hydroxylation sites is 1. The fourth-order valence-corrected chi connectivity index (χ4v) is 4.02. The summed E-state index contributed by atoms with van der Waals surface area (Å²) < 4.78 is 7.51. The molecule has 2 aromatic heterocycles. The molecule has 8 heteroatoms. The molecule has 0 saturated heterocycles. The van der Waals surface area contributed by atoms with Gasteiger partial charge in [-0.2, -0.15) is 0 Å². The third kappa shape index (κ3) is 5.23. The van der Waals surface area contributed by atoms with Crippen molar-refractivity contribution < 1.29 is 12.4 Å². The molecule has 176 valence electrons. The number of carbonyl (C=O) groups excluding carboxylic acids is 1. The second-order valence-electron chi connectivity index (χ2n) is 8.09. The lowest BCUT2D eigenvalue weighted by Crippen LogP contribution is -2.29. The van der Waals surface area contributed by atoms with Crippen LogP contribution in [0.15, 0.2) is 48.5 Å². The lowest BCUT2D eigenvalue weighted by atomic mass is 10.2. The SMILES string of the molecule is COCCc1nc2c(N)nc3ccccc3c2n1CCCCNC(=O)Nc1cccc(C)c1.[HH].[HH]. The van der Waals surface area contributed by atoms with Crippen LogP contribution in [0.3, 0.4) is 0 Å². The molecule has 2 aromatic carbocycles. The molecular formula is C25H34N6O2. The summed E-state index contributed by atoms with van der Waals surface area (Å²) in [5, 5.41) is 6.84. The Morgan fingerprint density at radius 3 is 2.82 bits per heavy atom. The van der Waals surface area contributed by atoms with Crippen molar-refractivity contribution in [2.45, 2.75) is 32.7 Å². The van der Waals surface area contributed by atoms with Crippen molar-refractivity contribution in [2.75, 3.05) is 31.3 Å². The number of pyridine rings is 1. The van der Waals surface area contributed by atoms with Gasteiger partial charge in [0.25, 0.3) is 0 Å². The first kappa shape index (κ1) is 22.5. The summed E-state index contributed by atoms with van der Waals surface area (Å²) in [5.74, 6) is 1.37. The summed E-state index contributed by atoms with van der Waals surface area (Å²) in [6.07, 6.45) is 2.41. The van der Waals surface area contributed by atoms with Crippen molar-refractivity contribution in [3.63, 3.8) is 0 Å². The number of nitrogens with two attached hydrogens (primary N) is 1. The number of anilines is 2. The van der Waals surface area contributed by atoms with Gasteiger partial charge in [-0.3, -0.25) is 0 Å². The van der Waals surface area contributed by atoms with E-state index in [4.69, 9.17) is 15.5 Å². The average Bonchev–Trinajstić information content (AvgIpc) is 3.17. The minimum Gasteiger partial charge on any atom is -0.384 e. The van der Waals surface area contributed by atoms with E-state index in [9.17, 15) is 4.79 Å². The Morgan fingerprint density at radius 1 is 1.15 bits per heavy atom. The third-order valence-corrected chi connectivity index (χ3v) is 5.59. The van der Waals surface area contributed by atoms with Crippen molar-refractivity contribution in [2.24, 2.45) is 0 Å². The predicted molar refractivity (Wildman–Crippen MR) is 137 cm³/mol. The zero-order valence-electron chi connectivity index (χ0n) is 19.1. The second-order valence-corrected chi connectivity index (χ2v) is 8.09. The van der Waals surface area contributed by atoms with Crippen molar-refractivity contribution in [3.8, 4) is 0 Å². The van der Waals surface area contributed by atoms with E-state index in [-0.39, 0.29) is 8.88 Å². The smallest absolute Gasteiger partial charge is 0.319 e. The van der Waals surface area contributed by atoms with E-state index in [2.05, 4.69) is 26.3 Å². The van der Waals surface area contributed by atoms with E-state index in [1.54, 1.807) is 7.11 Å². The van der Waals surface area contributed by atoms with E-state index >= 15 is 0 Å². The number of carbonyl (C=O) groups is 1. The molecule has 0 aliphatic carbocycles. The van der Waals surface area contributed by atoms with Gasteiger partial charge in [0.15, 0.2) is 5.82 Å². The third-order valence-electron chi connectivity index (χ3n) is 5.59. The molecule has 0 saturated carbocycles. The van der Waals surface area contributed by atoms with Gasteiger partial charge in [0.1, 0.15) is 11.3 Å². The van der Waals surface area contributed by atoms with Gasteiger partial charge in [-0.05, 0) is 43.5 Å². The van der Waals surface area contributed by atoms with Crippen molar-refractivity contribution >= 4 is 39.5 Å². The van der Waals surface area contributed by atoms with Crippen LogP contribution in [0.2, 0.25) is 0 Å². The fourth-order valence-electron chi connectivity index (χ4n) is 4.02. The number of unbranched alkanes of at least 4 members (excludes halogenated alkanes) is 1. The topological polar surface area (TPSA) is 107 Å². The summed E-state index contributed by atoms with van der Waals surface area (Å²) >= 11 is 0. The number of nitrogen functional groups attached to an aromatic ring is 1. The lowest BCUT2D eigenvalue weighted by Gasteiger charge is -2.12. The molecule has 0 aliphatic rings.